The van der Waals surface area contributed by atoms with Crippen molar-refractivity contribution in [2.45, 2.75) is 33.2 Å². The van der Waals surface area contributed by atoms with E-state index in [1.54, 1.807) is 14.0 Å². The highest BCUT2D eigenvalue weighted by Gasteiger charge is 2.16. The Morgan fingerprint density at radius 3 is 2.53 bits per heavy atom. The van der Waals surface area contributed by atoms with Gasteiger partial charge in [-0.3, -0.25) is 19.1 Å². The van der Waals surface area contributed by atoms with Crippen molar-refractivity contribution in [3.63, 3.8) is 0 Å². The predicted octanol–water partition coefficient (Wildman–Crippen LogP) is -0.327. The van der Waals surface area contributed by atoms with Crippen LogP contribution in [0.4, 0.5) is 0 Å². The molecule has 1 heterocycles. The largest absolute Gasteiger partial charge is 0.494 e. The summed E-state index contributed by atoms with van der Waals surface area (Å²) in [6, 6.07) is 0. The van der Waals surface area contributed by atoms with Crippen molar-refractivity contribution < 1.29 is 9.90 Å². The topological polar surface area (TPSA) is 95.4 Å². The molecule has 19 heavy (non-hydrogen) atoms. The Kier molecular flexibility index (Phi) is 4.91. The molecule has 106 valence electrons. The number of amides is 1. The Hall–Kier alpha value is -2.05. The number of nitrogens with one attached hydrogen (secondary N) is 1. The monoisotopic (exact) mass is 269 g/mol. The van der Waals surface area contributed by atoms with E-state index in [9.17, 15) is 19.5 Å². The predicted molar refractivity (Wildman–Crippen MR) is 70.3 cm³/mol. The molecule has 7 heteroatoms. The van der Waals surface area contributed by atoms with Crippen LogP contribution in [-0.2, 0) is 17.8 Å². The molecule has 0 aliphatic heterocycles. The highest BCUT2D eigenvalue weighted by atomic mass is 16.3. The molecule has 0 spiro atoms. The molecule has 1 aromatic heterocycles. The van der Waals surface area contributed by atoms with E-state index in [2.05, 4.69) is 4.98 Å². The summed E-state index contributed by atoms with van der Waals surface area (Å²) in [5, 5.41) is 9.96. The molecule has 0 fully saturated rings. The third-order valence-electron chi connectivity index (χ3n) is 2.96. The second-order valence-corrected chi connectivity index (χ2v) is 4.31. The van der Waals surface area contributed by atoms with Gasteiger partial charge in [0, 0.05) is 13.6 Å². The van der Waals surface area contributed by atoms with Crippen molar-refractivity contribution in [2.24, 2.45) is 0 Å². The van der Waals surface area contributed by atoms with E-state index >= 15 is 0 Å². The molecule has 7 nitrogen and oxygen atoms in total. The maximum Gasteiger partial charge on any atom is 0.331 e. The number of likely N-dealkylation sites (N-methyl/N-ethyl adjacent to an activating group) is 1. The molecule has 0 saturated heterocycles. The minimum absolute atomic E-state index is 0.133. The molecular weight excluding hydrogens is 250 g/mol. The summed E-state index contributed by atoms with van der Waals surface area (Å²) in [6.07, 6.45) is 0.997. The van der Waals surface area contributed by atoms with Gasteiger partial charge in [0.15, 0.2) is 0 Å². The van der Waals surface area contributed by atoms with E-state index in [1.807, 2.05) is 6.92 Å². The highest BCUT2D eigenvalue weighted by molar-refractivity contribution is 5.75. The van der Waals surface area contributed by atoms with Gasteiger partial charge in [0.2, 0.25) is 11.8 Å². The Balaban J connectivity index is 3.21. The number of aromatic hydroxyl groups is 1. The van der Waals surface area contributed by atoms with Crippen LogP contribution < -0.4 is 11.2 Å². The van der Waals surface area contributed by atoms with Gasteiger partial charge in [-0.2, -0.15) is 0 Å². The van der Waals surface area contributed by atoms with E-state index in [4.69, 9.17) is 0 Å². The zero-order chi connectivity index (χ0) is 14.6. The fraction of sp³-hybridized carbons (Fsp3) is 0.583. The SMILES string of the molecule is CCCc1c(O)n(CC(=O)N(C)CC)c(=O)[nH]c1=O. The third kappa shape index (κ3) is 3.24. The molecule has 2 N–H and O–H groups in total. The zero-order valence-corrected chi connectivity index (χ0v) is 11.4. The number of nitrogens with zero attached hydrogens (tertiary/aromatic N) is 2. The summed E-state index contributed by atoms with van der Waals surface area (Å²) in [5.41, 5.74) is -1.24. The average molecular weight is 269 g/mol. The van der Waals surface area contributed by atoms with Crippen LogP contribution in [0.3, 0.4) is 0 Å². The standard InChI is InChI=1S/C12H19N3O4/c1-4-6-8-10(17)13-12(19)15(11(8)18)7-9(16)14(3)5-2/h18H,4-7H2,1-3H3,(H,13,17,19). The number of rotatable bonds is 5. The van der Waals surface area contributed by atoms with Crippen LogP contribution in [0, 0.1) is 0 Å². The van der Waals surface area contributed by atoms with Crippen LogP contribution in [0.25, 0.3) is 0 Å². The molecule has 0 atom stereocenters. The number of carbonyl (C=O) groups excluding carboxylic acids is 1. The van der Waals surface area contributed by atoms with Gasteiger partial charge < -0.3 is 10.0 Å². The second kappa shape index (κ2) is 6.21. The van der Waals surface area contributed by atoms with Gasteiger partial charge in [-0.1, -0.05) is 13.3 Å². The molecule has 0 radical (unpaired) electrons. The molecule has 0 aliphatic rings. The highest BCUT2D eigenvalue weighted by Crippen LogP contribution is 2.11. The van der Waals surface area contributed by atoms with Crippen LogP contribution in [0.1, 0.15) is 25.8 Å². The maximum absolute atomic E-state index is 11.8. The normalized spacial score (nSPS) is 10.5. The van der Waals surface area contributed by atoms with Gasteiger partial charge in [0.05, 0.1) is 5.56 Å². The quantitative estimate of drug-likeness (QED) is 0.765. The van der Waals surface area contributed by atoms with Crippen LogP contribution in [-0.4, -0.2) is 39.1 Å². The second-order valence-electron chi connectivity index (χ2n) is 4.31. The van der Waals surface area contributed by atoms with E-state index < -0.39 is 17.1 Å². The van der Waals surface area contributed by atoms with Gasteiger partial charge >= 0.3 is 5.69 Å². The first kappa shape index (κ1) is 15.0. The number of carbonyl (C=O) groups is 1. The van der Waals surface area contributed by atoms with Crippen molar-refractivity contribution in [1.82, 2.24) is 14.5 Å². The number of aromatic amines is 1. The molecule has 1 rings (SSSR count). The number of H-pyrrole nitrogens is 1. The van der Waals surface area contributed by atoms with E-state index in [1.165, 1.54) is 4.90 Å². The minimum Gasteiger partial charge on any atom is -0.494 e. The lowest BCUT2D eigenvalue weighted by Crippen LogP contribution is -2.38. The zero-order valence-electron chi connectivity index (χ0n) is 11.4. The Morgan fingerprint density at radius 1 is 1.37 bits per heavy atom. The Bertz CT molecular complexity index is 573. The third-order valence-corrected chi connectivity index (χ3v) is 2.96. The van der Waals surface area contributed by atoms with E-state index in [0.717, 1.165) is 4.57 Å². The van der Waals surface area contributed by atoms with Crippen LogP contribution >= 0.6 is 0 Å². The van der Waals surface area contributed by atoms with Crippen LogP contribution in [0.5, 0.6) is 5.88 Å². The summed E-state index contributed by atoms with van der Waals surface area (Å²) < 4.78 is 0.890. The molecule has 1 amide bonds. The van der Waals surface area contributed by atoms with Gasteiger partial charge in [0.25, 0.3) is 5.56 Å². The van der Waals surface area contributed by atoms with Crippen molar-refractivity contribution in [2.75, 3.05) is 13.6 Å². The molecule has 0 saturated carbocycles. The Labute approximate surface area is 110 Å². The minimum atomic E-state index is -0.778. The van der Waals surface area contributed by atoms with Crippen molar-refractivity contribution in [1.29, 1.82) is 0 Å². The fourth-order valence-corrected chi connectivity index (χ4v) is 1.66. The van der Waals surface area contributed by atoms with Gasteiger partial charge in [-0.05, 0) is 13.3 Å². The summed E-state index contributed by atoms with van der Waals surface area (Å²) in [7, 11) is 1.60. The summed E-state index contributed by atoms with van der Waals surface area (Å²) in [6.45, 7) is 3.86. The van der Waals surface area contributed by atoms with Crippen molar-refractivity contribution in [3.05, 3.63) is 26.4 Å². The first-order valence-corrected chi connectivity index (χ1v) is 6.21. The molecule has 1 aromatic rings. The van der Waals surface area contributed by atoms with Crippen LogP contribution in [0.15, 0.2) is 9.59 Å². The van der Waals surface area contributed by atoms with Gasteiger partial charge in [-0.15, -0.1) is 0 Å². The van der Waals surface area contributed by atoms with E-state index in [-0.39, 0.29) is 18.0 Å². The van der Waals surface area contributed by atoms with Gasteiger partial charge in [0.1, 0.15) is 6.54 Å². The fourth-order valence-electron chi connectivity index (χ4n) is 1.66. The maximum atomic E-state index is 11.8. The summed E-state index contributed by atoms with van der Waals surface area (Å²) in [4.78, 5) is 38.5. The number of hydrogen-bond donors (Lipinski definition) is 2. The lowest BCUT2D eigenvalue weighted by atomic mass is 10.2. The lowest BCUT2D eigenvalue weighted by Gasteiger charge is -2.16. The molecular formula is C12H19N3O4. The van der Waals surface area contributed by atoms with Crippen molar-refractivity contribution in [3.8, 4) is 5.88 Å². The van der Waals surface area contributed by atoms with Gasteiger partial charge in [-0.25, -0.2) is 4.79 Å². The number of hydrogen-bond acceptors (Lipinski definition) is 4. The van der Waals surface area contributed by atoms with Crippen LogP contribution in [0.2, 0.25) is 0 Å². The molecule has 0 aromatic carbocycles. The molecule has 0 aliphatic carbocycles. The Morgan fingerprint density at radius 2 is 2.00 bits per heavy atom. The number of aromatic nitrogens is 2. The average Bonchev–Trinajstić information content (AvgIpc) is 2.38. The molecule has 0 bridgehead atoms. The summed E-state index contributed by atoms with van der Waals surface area (Å²) >= 11 is 0. The first-order valence-electron chi connectivity index (χ1n) is 6.21. The smallest absolute Gasteiger partial charge is 0.331 e. The summed E-state index contributed by atoms with van der Waals surface area (Å²) in [5.74, 6) is -0.733. The lowest BCUT2D eigenvalue weighted by molar-refractivity contribution is -0.130. The first-order chi connectivity index (χ1) is 8.92. The van der Waals surface area contributed by atoms with E-state index in [0.29, 0.717) is 19.4 Å². The molecule has 0 unspecified atom stereocenters. The van der Waals surface area contributed by atoms with Crippen molar-refractivity contribution >= 4 is 5.91 Å².